The summed E-state index contributed by atoms with van der Waals surface area (Å²) in [7, 11) is 3.05. The molecule has 0 spiro atoms. The van der Waals surface area contributed by atoms with E-state index in [0.29, 0.717) is 28.4 Å². The Morgan fingerprint density at radius 2 is 1.85 bits per heavy atom. The number of carbonyl (C=O) groups is 1. The molecule has 1 heterocycles. The van der Waals surface area contributed by atoms with Gasteiger partial charge in [-0.3, -0.25) is 4.79 Å². The largest absolute Gasteiger partial charge is 0.497 e. The van der Waals surface area contributed by atoms with Gasteiger partial charge >= 0.3 is 0 Å². The Kier molecular flexibility index (Phi) is 5.37. The summed E-state index contributed by atoms with van der Waals surface area (Å²) in [4.78, 5) is 17.5. The molecule has 1 aromatic heterocycles. The lowest BCUT2D eigenvalue weighted by Crippen LogP contribution is -2.16. The van der Waals surface area contributed by atoms with Crippen LogP contribution in [0.5, 0.6) is 11.5 Å². The number of nitrogens with zero attached hydrogens (tertiary/aromatic N) is 2. The van der Waals surface area contributed by atoms with Crippen LogP contribution < -0.4 is 14.3 Å². The van der Waals surface area contributed by atoms with Crippen molar-refractivity contribution >= 4 is 27.5 Å². The van der Waals surface area contributed by atoms with E-state index in [2.05, 4.69) is 4.99 Å². The zero-order valence-corrected chi connectivity index (χ0v) is 15.6. The van der Waals surface area contributed by atoms with Gasteiger partial charge in [-0.1, -0.05) is 18.3 Å². The Balaban J connectivity index is 2.12. The first-order valence-corrected chi connectivity index (χ1v) is 8.98. The van der Waals surface area contributed by atoms with E-state index in [1.165, 1.54) is 37.7 Å². The number of amides is 1. The number of benzene rings is 2. The second-order valence-electron chi connectivity index (χ2n) is 5.67. The van der Waals surface area contributed by atoms with Gasteiger partial charge in [-0.05, 0) is 36.8 Å². The molecule has 0 aliphatic rings. The van der Waals surface area contributed by atoms with E-state index in [0.717, 1.165) is 16.6 Å². The molecule has 0 saturated carbocycles. The first kappa shape index (κ1) is 18.1. The molecule has 1 amide bonds. The van der Waals surface area contributed by atoms with Crippen LogP contribution in [0.25, 0.3) is 10.2 Å². The van der Waals surface area contributed by atoms with Gasteiger partial charge in [0.1, 0.15) is 17.3 Å². The molecule has 26 heavy (non-hydrogen) atoms. The maximum Gasteiger partial charge on any atom is 0.279 e. The summed E-state index contributed by atoms with van der Waals surface area (Å²) >= 11 is 1.29. The molecule has 136 valence electrons. The fourth-order valence-corrected chi connectivity index (χ4v) is 3.73. The Bertz CT molecular complexity index is 1000. The van der Waals surface area contributed by atoms with Gasteiger partial charge in [0, 0.05) is 18.2 Å². The van der Waals surface area contributed by atoms with Crippen LogP contribution in [0.15, 0.2) is 41.4 Å². The van der Waals surface area contributed by atoms with Crippen molar-refractivity contribution < 1.29 is 18.7 Å². The minimum absolute atomic E-state index is 0.308. The van der Waals surface area contributed by atoms with Gasteiger partial charge in [0.25, 0.3) is 5.91 Å². The van der Waals surface area contributed by atoms with E-state index in [1.54, 1.807) is 24.3 Å². The number of carbonyl (C=O) groups excluding carboxylic acids is 1. The third-order valence-electron chi connectivity index (χ3n) is 3.89. The van der Waals surface area contributed by atoms with E-state index in [-0.39, 0.29) is 5.82 Å². The van der Waals surface area contributed by atoms with E-state index < -0.39 is 5.91 Å². The van der Waals surface area contributed by atoms with Gasteiger partial charge in [0.15, 0.2) is 4.80 Å². The van der Waals surface area contributed by atoms with Crippen LogP contribution in [0.3, 0.4) is 0 Å². The first-order chi connectivity index (χ1) is 12.5. The van der Waals surface area contributed by atoms with Gasteiger partial charge in [-0.15, -0.1) is 0 Å². The molecule has 0 atom stereocenters. The van der Waals surface area contributed by atoms with Crippen molar-refractivity contribution in [1.82, 2.24) is 4.57 Å². The number of hydrogen-bond acceptors (Lipinski definition) is 4. The quantitative estimate of drug-likeness (QED) is 0.678. The van der Waals surface area contributed by atoms with E-state index >= 15 is 0 Å². The molecule has 0 unspecified atom stereocenters. The fourth-order valence-electron chi connectivity index (χ4n) is 2.65. The standard InChI is InChI=1S/C19H19FN2O3S/c1-4-7-22-16-6-5-13(20)10-17(16)26-19(22)21-18(23)12-8-14(24-2)11-15(9-12)25-3/h5-6,8-11H,4,7H2,1-3H3. The Morgan fingerprint density at radius 3 is 2.46 bits per heavy atom. The average molecular weight is 374 g/mol. The summed E-state index contributed by atoms with van der Waals surface area (Å²) in [5, 5.41) is 0. The van der Waals surface area contributed by atoms with Crippen LogP contribution in [0.2, 0.25) is 0 Å². The molecule has 0 fully saturated rings. The lowest BCUT2D eigenvalue weighted by molar-refractivity contribution is 0.0997. The summed E-state index contributed by atoms with van der Waals surface area (Å²) in [5.41, 5.74) is 1.24. The molecule has 0 aliphatic heterocycles. The third-order valence-corrected chi connectivity index (χ3v) is 4.93. The lowest BCUT2D eigenvalue weighted by atomic mass is 10.2. The number of thiazole rings is 1. The SMILES string of the molecule is CCCn1c(=NC(=O)c2cc(OC)cc(OC)c2)sc2cc(F)ccc21. The zero-order chi connectivity index (χ0) is 18.7. The van der Waals surface area contributed by atoms with Gasteiger partial charge in [-0.25, -0.2) is 4.39 Å². The van der Waals surface area contributed by atoms with E-state index in [9.17, 15) is 9.18 Å². The maximum absolute atomic E-state index is 13.5. The maximum atomic E-state index is 13.5. The molecule has 3 rings (SSSR count). The van der Waals surface area contributed by atoms with Crippen LogP contribution in [0.4, 0.5) is 4.39 Å². The predicted octanol–water partition coefficient (Wildman–Crippen LogP) is 4.01. The summed E-state index contributed by atoms with van der Waals surface area (Å²) in [6.45, 7) is 2.73. The monoisotopic (exact) mass is 374 g/mol. The summed E-state index contributed by atoms with van der Waals surface area (Å²) in [5.74, 6) is 0.322. The van der Waals surface area contributed by atoms with Crippen molar-refractivity contribution in [2.45, 2.75) is 19.9 Å². The third kappa shape index (κ3) is 3.62. The van der Waals surface area contributed by atoms with Gasteiger partial charge < -0.3 is 14.0 Å². The second kappa shape index (κ2) is 7.70. The predicted molar refractivity (Wildman–Crippen MR) is 99.5 cm³/mol. The highest BCUT2D eigenvalue weighted by Crippen LogP contribution is 2.23. The van der Waals surface area contributed by atoms with E-state index in [4.69, 9.17) is 9.47 Å². The molecule has 0 aliphatic carbocycles. The number of fused-ring (bicyclic) bond motifs is 1. The Morgan fingerprint density at radius 1 is 1.15 bits per heavy atom. The van der Waals surface area contributed by atoms with Crippen molar-refractivity contribution in [3.8, 4) is 11.5 Å². The zero-order valence-electron chi connectivity index (χ0n) is 14.8. The topological polar surface area (TPSA) is 52.8 Å². The Hall–Kier alpha value is -2.67. The average Bonchev–Trinajstić information content (AvgIpc) is 2.97. The number of aromatic nitrogens is 1. The normalized spacial score (nSPS) is 11.8. The molecule has 0 radical (unpaired) electrons. The molecule has 0 saturated heterocycles. The molecule has 0 bridgehead atoms. The van der Waals surface area contributed by atoms with Crippen molar-refractivity contribution in [1.29, 1.82) is 0 Å². The first-order valence-electron chi connectivity index (χ1n) is 8.16. The molecular weight excluding hydrogens is 355 g/mol. The van der Waals surface area contributed by atoms with Crippen LogP contribution >= 0.6 is 11.3 Å². The van der Waals surface area contributed by atoms with E-state index in [1.807, 2.05) is 11.5 Å². The van der Waals surface area contributed by atoms with Gasteiger partial charge in [0.05, 0.1) is 24.4 Å². The van der Waals surface area contributed by atoms with Gasteiger partial charge in [-0.2, -0.15) is 4.99 Å². The van der Waals surface area contributed by atoms with Crippen molar-refractivity contribution in [3.05, 3.63) is 52.6 Å². The highest BCUT2D eigenvalue weighted by atomic mass is 32.1. The second-order valence-corrected chi connectivity index (χ2v) is 6.68. The highest BCUT2D eigenvalue weighted by molar-refractivity contribution is 7.16. The highest BCUT2D eigenvalue weighted by Gasteiger charge is 2.12. The molecule has 0 N–H and O–H groups in total. The van der Waals surface area contributed by atoms with Crippen LogP contribution in [-0.2, 0) is 6.54 Å². The molecule has 7 heteroatoms. The summed E-state index contributed by atoms with van der Waals surface area (Å²) in [6.07, 6.45) is 0.873. The number of methoxy groups -OCH3 is 2. The number of hydrogen-bond donors (Lipinski definition) is 0. The van der Waals surface area contributed by atoms with Gasteiger partial charge in [0.2, 0.25) is 0 Å². The van der Waals surface area contributed by atoms with Crippen LogP contribution in [0, 0.1) is 5.82 Å². The lowest BCUT2D eigenvalue weighted by Gasteiger charge is -2.06. The number of halogens is 1. The summed E-state index contributed by atoms with van der Waals surface area (Å²) < 4.78 is 26.6. The smallest absolute Gasteiger partial charge is 0.279 e. The minimum Gasteiger partial charge on any atom is -0.497 e. The molecule has 3 aromatic rings. The van der Waals surface area contributed by atoms with Crippen molar-refractivity contribution in [2.24, 2.45) is 4.99 Å². The van der Waals surface area contributed by atoms with Crippen LogP contribution in [0.1, 0.15) is 23.7 Å². The number of aryl methyl sites for hydroxylation is 1. The number of ether oxygens (including phenoxy) is 2. The number of rotatable bonds is 5. The molecular formula is C19H19FN2O3S. The molecule has 5 nitrogen and oxygen atoms in total. The fraction of sp³-hybridized carbons (Fsp3) is 0.263. The van der Waals surface area contributed by atoms with Crippen molar-refractivity contribution in [3.63, 3.8) is 0 Å². The van der Waals surface area contributed by atoms with Crippen molar-refractivity contribution in [2.75, 3.05) is 14.2 Å². The molecule has 2 aromatic carbocycles. The van der Waals surface area contributed by atoms with Crippen LogP contribution in [-0.4, -0.2) is 24.7 Å². The summed E-state index contributed by atoms with van der Waals surface area (Å²) in [6, 6.07) is 9.52. The minimum atomic E-state index is -0.404. The Labute approximate surface area is 154 Å².